The summed E-state index contributed by atoms with van der Waals surface area (Å²) in [5.74, 6) is 0. The standard InChI is InChI=1S/C16H20N4O2/c21-12-16(5-6-16)11-17-15(22)19-14-4-1-3-13(9-14)10-20-8-2-7-18-20/h1-4,7-9,21H,5-6,10-12H2,(H2,17,19,22). The van der Waals surface area contributed by atoms with Gasteiger partial charge in [-0.15, -0.1) is 0 Å². The van der Waals surface area contributed by atoms with Gasteiger partial charge in [-0.1, -0.05) is 12.1 Å². The number of nitrogens with one attached hydrogen (secondary N) is 2. The van der Waals surface area contributed by atoms with Crippen molar-refractivity contribution in [1.29, 1.82) is 0 Å². The Morgan fingerprint density at radius 2 is 2.23 bits per heavy atom. The van der Waals surface area contributed by atoms with E-state index < -0.39 is 0 Å². The molecule has 0 unspecified atom stereocenters. The van der Waals surface area contributed by atoms with Gasteiger partial charge in [0.2, 0.25) is 0 Å². The van der Waals surface area contributed by atoms with Gasteiger partial charge < -0.3 is 15.7 Å². The first kappa shape index (κ1) is 14.6. The van der Waals surface area contributed by atoms with E-state index in [2.05, 4.69) is 15.7 Å². The van der Waals surface area contributed by atoms with Gasteiger partial charge in [0.15, 0.2) is 0 Å². The monoisotopic (exact) mass is 300 g/mol. The highest BCUT2D eigenvalue weighted by atomic mass is 16.3. The van der Waals surface area contributed by atoms with Crippen molar-refractivity contribution in [3.8, 4) is 0 Å². The van der Waals surface area contributed by atoms with E-state index in [1.165, 1.54) is 0 Å². The molecule has 3 N–H and O–H groups in total. The molecular formula is C16H20N4O2. The number of amides is 2. The molecule has 1 fully saturated rings. The van der Waals surface area contributed by atoms with E-state index >= 15 is 0 Å². The van der Waals surface area contributed by atoms with Crippen LogP contribution < -0.4 is 10.6 Å². The molecule has 6 heteroatoms. The Kier molecular flexibility index (Phi) is 4.11. The van der Waals surface area contributed by atoms with E-state index in [1.54, 1.807) is 6.20 Å². The van der Waals surface area contributed by atoms with Gasteiger partial charge in [-0.05, 0) is 36.6 Å². The number of carbonyl (C=O) groups is 1. The number of carbonyl (C=O) groups excluding carboxylic acids is 1. The summed E-state index contributed by atoms with van der Waals surface area (Å²) in [5, 5.41) is 19.1. The van der Waals surface area contributed by atoms with Crippen LogP contribution in [0.5, 0.6) is 0 Å². The van der Waals surface area contributed by atoms with Crippen molar-refractivity contribution in [3.05, 3.63) is 48.3 Å². The number of anilines is 1. The van der Waals surface area contributed by atoms with Crippen LogP contribution in [0.1, 0.15) is 18.4 Å². The van der Waals surface area contributed by atoms with Crippen LogP contribution in [-0.4, -0.2) is 34.1 Å². The summed E-state index contributed by atoms with van der Waals surface area (Å²) in [5.41, 5.74) is 1.73. The molecule has 3 rings (SSSR count). The van der Waals surface area contributed by atoms with Crippen molar-refractivity contribution in [2.45, 2.75) is 19.4 Å². The molecule has 1 aliphatic rings. The lowest BCUT2D eigenvalue weighted by atomic mass is 10.1. The predicted molar refractivity (Wildman–Crippen MR) is 83.5 cm³/mol. The van der Waals surface area contributed by atoms with Crippen molar-refractivity contribution in [2.24, 2.45) is 5.41 Å². The lowest BCUT2D eigenvalue weighted by molar-refractivity contribution is 0.206. The summed E-state index contributed by atoms with van der Waals surface area (Å²) in [6.07, 6.45) is 5.59. The first-order valence-corrected chi connectivity index (χ1v) is 7.41. The fourth-order valence-corrected chi connectivity index (χ4v) is 2.34. The van der Waals surface area contributed by atoms with Gasteiger partial charge in [-0.3, -0.25) is 4.68 Å². The molecule has 2 amide bonds. The summed E-state index contributed by atoms with van der Waals surface area (Å²) in [6.45, 7) is 1.31. The Bertz CT molecular complexity index is 635. The van der Waals surface area contributed by atoms with Crippen LogP contribution in [0.25, 0.3) is 0 Å². The second kappa shape index (κ2) is 6.19. The Balaban J connectivity index is 1.54. The second-order valence-electron chi connectivity index (χ2n) is 5.87. The molecule has 0 atom stereocenters. The highest BCUT2D eigenvalue weighted by Crippen LogP contribution is 2.44. The topological polar surface area (TPSA) is 79.2 Å². The normalized spacial score (nSPS) is 15.3. The van der Waals surface area contributed by atoms with Crippen molar-refractivity contribution in [1.82, 2.24) is 15.1 Å². The lowest BCUT2D eigenvalue weighted by Crippen LogP contribution is -2.35. The number of hydrogen-bond acceptors (Lipinski definition) is 3. The third-order valence-electron chi connectivity index (χ3n) is 4.01. The Hall–Kier alpha value is -2.34. The van der Waals surface area contributed by atoms with Crippen LogP contribution in [0.15, 0.2) is 42.7 Å². The zero-order valence-electron chi connectivity index (χ0n) is 12.3. The third-order valence-corrected chi connectivity index (χ3v) is 4.01. The zero-order chi connectivity index (χ0) is 15.4. The van der Waals surface area contributed by atoms with E-state index in [1.807, 2.05) is 41.2 Å². The van der Waals surface area contributed by atoms with Crippen LogP contribution in [0, 0.1) is 5.41 Å². The summed E-state index contributed by atoms with van der Waals surface area (Å²) in [4.78, 5) is 11.9. The molecule has 1 aromatic carbocycles. The van der Waals surface area contributed by atoms with E-state index in [0.717, 1.165) is 24.1 Å². The van der Waals surface area contributed by atoms with E-state index in [0.29, 0.717) is 13.1 Å². The van der Waals surface area contributed by atoms with Crippen molar-refractivity contribution in [3.63, 3.8) is 0 Å². The molecule has 0 aliphatic heterocycles. The number of aliphatic hydroxyl groups excluding tert-OH is 1. The van der Waals surface area contributed by atoms with Crippen LogP contribution in [0.4, 0.5) is 10.5 Å². The average Bonchev–Trinajstić information content (AvgIpc) is 3.14. The highest BCUT2D eigenvalue weighted by molar-refractivity contribution is 5.89. The van der Waals surface area contributed by atoms with Crippen LogP contribution in [0.2, 0.25) is 0 Å². The number of aliphatic hydroxyl groups is 1. The van der Waals surface area contributed by atoms with Gasteiger partial charge >= 0.3 is 6.03 Å². The van der Waals surface area contributed by atoms with Gasteiger partial charge in [-0.25, -0.2) is 4.79 Å². The fraction of sp³-hybridized carbons (Fsp3) is 0.375. The van der Waals surface area contributed by atoms with Crippen molar-refractivity contribution < 1.29 is 9.90 Å². The van der Waals surface area contributed by atoms with Gasteiger partial charge in [0.05, 0.1) is 13.2 Å². The molecule has 2 aromatic rings. The van der Waals surface area contributed by atoms with E-state index in [9.17, 15) is 9.90 Å². The zero-order valence-corrected chi connectivity index (χ0v) is 12.3. The maximum atomic E-state index is 11.9. The molecular weight excluding hydrogens is 280 g/mol. The molecule has 6 nitrogen and oxygen atoms in total. The average molecular weight is 300 g/mol. The maximum absolute atomic E-state index is 11.9. The minimum atomic E-state index is -0.240. The molecule has 0 saturated heterocycles. The SMILES string of the molecule is O=C(NCC1(CO)CC1)Nc1cccc(Cn2cccn2)c1. The second-order valence-corrected chi connectivity index (χ2v) is 5.87. The largest absolute Gasteiger partial charge is 0.396 e. The van der Waals surface area contributed by atoms with Gasteiger partial charge in [0.25, 0.3) is 0 Å². The molecule has 116 valence electrons. The van der Waals surface area contributed by atoms with Crippen LogP contribution in [-0.2, 0) is 6.54 Å². The number of hydrogen-bond donors (Lipinski definition) is 3. The molecule has 22 heavy (non-hydrogen) atoms. The first-order valence-electron chi connectivity index (χ1n) is 7.41. The Morgan fingerprint density at radius 3 is 2.91 bits per heavy atom. The molecule has 0 radical (unpaired) electrons. The molecule has 1 aromatic heterocycles. The summed E-state index contributed by atoms with van der Waals surface area (Å²) in [6, 6.07) is 9.33. The first-order chi connectivity index (χ1) is 10.7. The lowest BCUT2D eigenvalue weighted by Gasteiger charge is -2.13. The van der Waals surface area contributed by atoms with Gasteiger partial charge in [0.1, 0.15) is 0 Å². The van der Waals surface area contributed by atoms with Gasteiger partial charge in [0, 0.05) is 30.0 Å². The Morgan fingerprint density at radius 1 is 1.36 bits per heavy atom. The third kappa shape index (κ3) is 3.65. The summed E-state index contributed by atoms with van der Waals surface area (Å²) < 4.78 is 1.83. The van der Waals surface area contributed by atoms with Crippen molar-refractivity contribution >= 4 is 11.7 Å². The maximum Gasteiger partial charge on any atom is 0.319 e. The number of benzene rings is 1. The number of urea groups is 1. The molecule has 0 spiro atoms. The minimum Gasteiger partial charge on any atom is -0.396 e. The number of nitrogens with zero attached hydrogens (tertiary/aromatic N) is 2. The quantitative estimate of drug-likeness (QED) is 0.761. The smallest absolute Gasteiger partial charge is 0.319 e. The number of aromatic nitrogens is 2. The van der Waals surface area contributed by atoms with Crippen LogP contribution in [0.3, 0.4) is 0 Å². The minimum absolute atomic E-state index is 0.0840. The van der Waals surface area contributed by atoms with E-state index in [4.69, 9.17) is 0 Å². The van der Waals surface area contributed by atoms with Crippen LogP contribution >= 0.6 is 0 Å². The molecule has 1 saturated carbocycles. The van der Waals surface area contributed by atoms with Crippen molar-refractivity contribution in [2.75, 3.05) is 18.5 Å². The summed E-state index contributed by atoms with van der Waals surface area (Å²) >= 11 is 0. The predicted octanol–water partition coefficient (Wildman–Crippen LogP) is 1.83. The molecule has 0 bridgehead atoms. The fourth-order valence-electron chi connectivity index (χ4n) is 2.34. The summed E-state index contributed by atoms with van der Waals surface area (Å²) in [7, 11) is 0. The highest BCUT2D eigenvalue weighted by Gasteiger charge is 2.42. The van der Waals surface area contributed by atoms with E-state index in [-0.39, 0.29) is 18.1 Å². The Labute approximate surface area is 129 Å². The molecule has 1 aliphatic carbocycles. The number of rotatable bonds is 6. The molecule has 1 heterocycles. The van der Waals surface area contributed by atoms with Gasteiger partial charge in [-0.2, -0.15) is 5.10 Å².